The zero-order valence-electron chi connectivity index (χ0n) is 12.7. The van der Waals surface area contributed by atoms with Crippen LogP contribution in [0.5, 0.6) is 0 Å². The first-order valence-corrected chi connectivity index (χ1v) is 8.79. The van der Waals surface area contributed by atoms with Gasteiger partial charge in [-0.1, -0.05) is 34.1 Å². The van der Waals surface area contributed by atoms with Crippen LogP contribution < -0.4 is 5.32 Å². The van der Waals surface area contributed by atoms with Gasteiger partial charge in [-0.05, 0) is 36.4 Å². The second-order valence-electron chi connectivity index (χ2n) is 4.91. The number of halogens is 1. The maximum Gasteiger partial charge on any atom is 0.243 e. The van der Waals surface area contributed by atoms with E-state index in [-0.39, 0.29) is 18.4 Å². The highest BCUT2D eigenvalue weighted by atomic mass is 79.9. The minimum absolute atomic E-state index is 0.0363. The minimum atomic E-state index is -0.208. The van der Waals surface area contributed by atoms with Gasteiger partial charge in [0.25, 0.3) is 0 Å². The number of anilines is 1. The molecule has 4 nitrogen and oxygen atoms in total. The molecule has 2 aromatic rings. The lowest BCUT2D eigenvalue weighted by Gasteiger charge is -2.16. The number of benzene rings is 2. The lowest BCUT2D eigenvalue weighted by molar-refractivity contribution is -0.131. The number of amides is 2. The number of nitrogens with zero attached hydrogens (tertiary/aromatic N) is 1. The van der Waals surface area contributed by atoms with Gasteiger partial charge in [0.2, 0.25) is 11.8 Å². The topological polar surface area (TPSA) is 49.4 Å². The largest absolute Gasteiger partial charge is 0.336 e. The van der Waals surface area contributed by atoms with Crippen LogP contribution in [0.4, 0.5) is 5.69 Å². The number of likely N-dealkylation sites (N-methyl/N-ethyl adjacent to an activating group) is 1. The predicted octanol–water partition coefficient (Wildman–Crippen LogP) is 3.64. The fourth-order valence-electron chi connectivity index (χ4n) is 1.81. The van der Waals surface area contributed by atoms with Crippen molar-refractivity contribution in [2.75, 3.05) is 24.7 Å². The van der Waals surface area contributed by atoms with Crippen molar-refractivity contribution in [3.63, 3.8) is 0 Å². The maximum atomic E-state index is 12.1. The van der Waals surface area contributed by atoms with Crippen LogP contribution in [0.25, 0.3) is 0 Å². The minimum Gasteiger partial charge on any atom is -0.336 e. The summed E-state index contributed by atoms with van der Waals surface area (Å²) in [6.07, 6.45) is 0. The highest BCUT2D eigenvalue weighted by molar-refractivity contribution is 9.10. The summed E-state index contributed by atoms with van der Waals surface area (Å²) in [7, 11) is 1.63. The van der Waals surface area contributed by atoms with Crippen molar-refractivity contribution in [1.82, 2.24) is 4.90 Å². The molecule has 0 saturated carbocycles. The van der Waals surface area contributed by atoms with E-state index in [4.69, 9.17) is 0 Å². The fraction of sp³-hybridized carbons (Fsp3) is 0.176. The van der Waals surface area contributed by atoms with E-state index in [1.807, 2.05) is 54.6 Å². The van der Waals surface area contributed by atoms with Crippen molar-refractivity contribution in [3.05, 3.63) is 59.1 Å². The summed E-state index contributed by atoms with van der Waals surface area (Å²) >= 11 is 4.83. The van der Waals surface area contributed by atoms with E-state index in [0.29, 0.717) is 5.75 Å². The number of thioether (sulfide) groups is 1. The van der Waals surface area contributed by atoms with Crippen molar-refractivity contribution in [2.45, 2.75) is 4.90 Å². The number of para-hydroxylation sites is 1. The highest BCUT2D eigenvalue weighted by Gasteiger charge is 2.13. The van der Waals surface area contributed by atoms with E-state index >= 15 is 0 Å². The molecule has 0 radical (unpaired) electrons. The van der Waals surface area contributed by atoms with Gasteiger partial charge in [-0.2, -0.15) is 0 Å². The Balaban J connectivity index is 1.78. The normalized spacial score (nSPS) is 10.2. The molecule has 2 rings (SSSR count). The van der Waals surface area contributed by atoms with Crippen molar-refractivity contribution < 1.29 is 9.59 Å². The quantitative estimate of drug-likeness (QED) is 0.763. The molecule has 2 aromatic carbocycles. The molecule has 23 heavy (non-hydrogen) atoms. The summed E-state index contributed by atoms with van der Waals surface area (Å²) in [6.45, 7) is 0.0363. The van der Waals surface area contributed by atoms with Crippen LogP contribution in [0.3, 0.4) is 0 Å². The summed E-state index contributed by atoms with van der Waals surface area (Å²) in [6, 6.07) is 17.0. The van der Waals surface area contributed by atoms with Crippen LogP contribution in [0.2, 0.25) is 0 Å². The lowest BCUT2D eigenvalue weighted by atomic mass is 10.3. The van der Waals surface area contributed by atoms with Crippen molar-refractivity contribution in [1.29, 1.82) is 0 Å². The molecule has 0 atom stereocenters. The third-order valence-electron chi connectivity index (χ3n) is 3.04. The first kappa shape index (κ1) is 17.6. The number of hydrogen-bond donors (Lipinski definition) is 1. The number of nitrogens with one attached hydrogen (secondary N) is 1. The monoisotopic (exact) mass is 392 g/mol. The van der Waals surface area contributed by atoms with E-state index in [1.54, 1.807) is 7.05 Å². The molecule has 2 amide bonds. The van der Waals surface area contributed by atoms with E-state index in [1.165, 1.54) is 16.7 Å². The molecule has 1 N–H and O–H groups in total. The van der Waals surface area contributed by atoms with Gasteiger partial charge in [0.15, 0.2) is 0 Å². The van der Waals surface area contributed by atoms with Crippen LogP contribution in [0.1, 0.15) is 0 Å². The molecule has 6 heteroatoms. The van der Waals surface area contributed by atoms with Crippen molar-refractivity contribution >= 4 is 45.2 Å². The van der Waals surface area contributed by atoms with Gasteiger partial charge in [-0.15, -0.1) is 11.8 Å². The van der Waals surface area contributed by atoms with Gasteiger partial charge >= 0.3 is 0 Å². The SMILES string of the molecule is CN(CC(=O)Nc1ccccc1)C(=O)CSc1ccc(Br)cc1. The molecule has 0 aliphatic carbocycles. The van der Waals surface area contributed by atoms with Gasteiger partial charge in [0.1, 0.15) is 0 Å². The van der Waals surface area contributed by atoms with Crippen molar-refractivity contribution in [3.8, 4) is 0 Å². The van der Waals surface area contributed by atoms with Crippen LogP contribution in [-0.2, 0) is 9.59 Å². The van der Waals surface area contributed by atoms with Gasteiger partial charge in [0, 0.05) is 22.1 Å². The number of carbonyl (C=O) groups is 2. The first-order valence-electron chi connectivity index (χ1n) is 7.02. The van der Waals surface area contributed by atoms with Gasteiger partial charge in [-0.25, -0.2) is 0 Å². The second kappa shape index (κ2) is 8.74. The van der Waals surface area contributed by atoms with Gasteiger partial charge < -0.3 is 10.2 Å². The van der Waals surface area contributed by atoms with E-state index in [9.17, 15) is 9.59 Å². The molecule has 0 heterocycles. The zero-order chi connectivity index (χ0) is 16.7. The molecule has 0 fully saturated rings. The predicted molar refractivity (Wildman–Crippen MR) is 97.6 cm³/mol. The summed E-state index contributed by atoms with van der Waals surface area (Å²) in [5.41, 5.74) is 0.725. The maximum absolute atomic E-state index is 12.1. The molecule has 0 bridgehead atoms. The molecule has 0 aromatic heterocycles. The zero-order valence-corrected chi connectivity index (χ0v) is 15.1. The third-order valence-corrected chi connectivity index (χ3v) is 4.57. The third kappa shape index (κ3) is 6.08. The summed E-state index contributed by atoms with van der Waals surface area (Å²) in [4.78, 5) is 26.5. The molecular weight excluding hydrogens is 376 g/mol. The van der Waals surface area contributed by atoms with Crippen LogP contribution in [0.15, 0.2) is 64.0 Å². The molecule has 0 saturated heterocycles. The number of carbonyl (C=O) groups excluding carboxylic acids is 2. The standard InChI is InChI=1S/C17H17BrN2O2S/c1-20(11-16(21)19-14-5-3-2-4-6-14)17(22)12-23-15-9-7-13(18)8-10-15/h2-10H,11-12H2,1H3,(H,19,21). The van der Waals surface area contributed by atoms with E-state index < -0.39 is 0 Å². The fourth-order valence-corrected chi connectivity index (χ4v) is 2.92. The number of hydrogen-bond acceptors (Lipinski definition) is 3. The summed E-state index contributed by atoms with van der Waals surface area (Å²) < 4.78 is 1.00. The van der Waals surface area contributed by atoms with Gasteiger partial charge in [-0.3, -0.25) is 9.59 Å². The summed E-state index contributed by atoms with van der Waals surface area (Å²) in [5, 5.41) is 2.76. The van der Waals surface area contributed by atoms with Gasteiger partial charge in [0.05, 0.1) is 12.3 Å². The molecule has 0 spiro atoms. The average molecular weight is 393 g/mol. The highest BCUT2D eigenvalue weighted by Crippen LogP contribution is 2.20. The lowest BCUT2D eigenvalue weighted by Crippen LogP contribution is -2.35. The molecule has 0 aliphatic heterocycles. The van der Waals surface area contributed by atoms with Crippen LogP contribution in [-0.4, -0.2) is 36.1 Å². The van der Waals surface area contributed by atoms with Crippen LogP contribution in [0, 0.1) is 0 Å². The van der Waals surface area contributed by atoms with Crippen molar-refractivity contribution in [2.24, 2.45) is 0 Å². The Hall–Kier alpha value is -1.79. The molecule has 0 aliphatic rings. The first-order chi connectivity index (χ1) is 11.0. The Bertz CT molecular complexity index is 662. The smallest absolute Gasteiger partial charge is 0.243 e. The Labute approximate surface area is 148 Å². The summed E-state index contributed by atoms with van der Waals surface area (Å²) in [5.74, 6) is 0.0124. The second-order valence-corrected chi connectivity index (χ2v) is 6.87. The average Bonchev–Trinajstić information content (AvgIpc) is 2.54. The Morgan fingerprint density at radius 3 is 2.39 bits per heavy atom. The van der Waals surface area contributed by atoms with Crippen LogP contribution >= 0.6 is 27.7 Å². The Morgan fingerprint density at radius 2 is 1.74 bits per heavy atom. The molecule has 0 unspecified atom stereocenters. The number of rotatable bonds is 6. The van der Waals surface area contributed by atoms with E-state index in [2.05, 4.69) is 21.2 Å². The Kier molecular flexibility index (Phi) is 6.67. The molecular formula is C17H17BrN2O2S. The Morgan fingerprint density at radius 1 is 1.09 bits per heavy atom. The molecule has 120 valence electrons. The van der Waals surface area contributed by atoms with E-state index in [0.717, 1.165) is 15.1 Å².